The van der Waals surface area contributed by atoms with Gasteiger partial charge in [-0.1, -0.05) is 30.7 Å². The molecule has 2 aromatic carbocycles. The van der Waals surface area contributed by atoms with Crippen LogP contribution in [0.3, 0.4) is 0 Å². The number of hydrogen-bond acceptors (Lipinski definition) is 7. The second-order valence-corrected chi connectivity index (χ2v) is 14.1. The molecule has 3 aliphatic rings. The number of likely N-dealkylation sites (N-methyl/N-ethyl adjacent to an activating group) is 1. The van der Waals surface area contributed by atoms with Crippen molar-refractivity contribution in [3.63, 3.8) is 0 Å². The predicted octanol–water partition coefficient (Wildman–Crippen LogP) is 5.13. The zero-order valence-electron chi connectivity index (χ0n) is 25.9. The summed E-state index contributed by atoms with van der Waals surface area (Å²) in [6.45, 7) is 1.61. The highest BCUT2D eigenvalue weighted by atomic mass is 32.2. The Morgan fingerprint density at radius 1 is 1.00 bits per heavy atom. The van der Waals surface area contributed by atoms with Crippen molar-refractivity contribution in [1.82, 2.24) is 14.9 Å². The summed E-state index contributed by atoms with van der Waals surface area (Å²) < 4.78 is 38.1. The van der Waals surface area contributed by atoms with E-state index in [-0.39, 0.29) is 17.5 Å². The smallest absolute Gasteiger partial charge is 0.324 e. The fourth-order valence-electron chi connectivity index (χ4n) is 6.94. The van der Waals surface area contributed by atoms with Crippen molar-refractivity contribution in [2.45, 2.75) is 43.9 Å². The summed E-state index contributed by atoms with van der Waals surface area (Å²) in [7, 11) is 1.84. The van der Waals surface area contributed by atoms with Crippen molar-refractivity contribution >= 4 is 44.1 Å². The summed E-state index contributed by atoms with van der Waals surface area (Å²) >= 11 is 0. The van der Waals surface area contributed by atoms with E-state index in [2.05, 4.69) is 25.7 Å². The van der Waals surface area contributed by atoms with Gasteiger partial charge in [-0.2, -0.15) is 8.42 Å². The molecule has 0 bridgehead atoms. The molecular weight excluding hydrogens is 588 g/mol. The van der Waals surface area contributed by atoms with Gasteiger partial charge in [0.15, 0.2) is 0 Å². The van der Waals surface area contributed by atoms with Crippen LogP contribution in [0.1, 0.15) is 43.2 Å². The van der Waals surface area contributed by atoms with E-state index in [9.17, 15) is 13.2 Å². The molecule has 1 saturated carbocycles. The second kappa shape index (κ2) is 11.3. The first-order valence-corrected chi connectivity index (χ1v) is 17.0. The summed E-state index contributed by atoms with van der Waals surface area (Å²) in [4.78, 5) is 26.4. The Bertz CT molecular complexity index is 1910. The summed E-state index contributed by atoms with van der Waals surface area (Å²) in [5.74, 6) is 0.368. The predicted molar refractivity (Wildman–Crippen MR) is 177 cm³/mol. The maximum Gasteiger partial charge on any atom is 0.324 e. The molecule has 11 heteroatoms. The van der Waals surface area contributed by atoms with Crippen LogP contribution in [0.5, 0.6) is 5.88 Å². The number of nitrogens with one attached hydrogen (secondary N) is 1. The molecule has 0 unspecified atom stereocenters. The number of carbonyl (C=O) groups excluding carboxylic acids is 1. The minimum Gasteiger partial charge on any atom is -0.476 e. The van der Waals surface area contributed by atoms with E-state index in [1.807, 2.05) is 57.5 Å². The third kappa shape index (κ3) is 5.07. The lowest BCUT2D eigenvalue weighted by Gasteiger charge is -2.37. The molecule has 4 heterocycles. The van der Waals surface area contributed by atoms with Crippen molar-refractivity contribution < 1.29 is 17.9 Å². The highest BCUT2D eigenvalue weighted by Gasteiger charge is 2.54. The highest BCUT2D eigenvalue weighted by Crippen LogP contribution is 2.55. The van der Waals surface area contributed by atoms with Gasteiger partial charge >= 0.3 is 10.2 Å². The molecule has 234 valence electrons. The van der Waals surface area contributed by atoms with Crippen LogP contribution in [0.15, 0.2) is 60.9 Å². The van der Waals surface area contributed by atoms with Crippen molar-refractivity contribution in [2.75, 3.05) is 54.8 Å². The monoisotopic (exact) mass is 626 g/mol. The molecule has 1 spiro atoms. The molecule has 0 atom stereocenters. The third-order valence-electron chi connectivity index (χ3n) is 9.38. The lowest BCUT2D eigenvalue weighted by molar-refractivity contribution is -0.125. The molecule has 1 amide bonds. The Morgan fingerprint density at radius 2 is 1.82 bits per heavy atom. The lowest BCUT2D eigenvalue weighted by atomic mass is 9.64. The van der Waals surface area contributed by atoms with Crippen molar-refractivity contribution in [1.29, 1.82) is 0 Å². The number of pyridine rings is 2. The number of aryl methyl sites for hydroxylation is 1. The average Bonchev–Trinajstić information content (AvgIpc) is 3.25. The molecule has 1 fully saturated rings. The molecule has 2 aliphatic heterocycles. The van der Waals surface area contributed by atoms with Crippen LogP contribution in [-0.4, -0.2) is 70.0 Å². The Hall–Kier alpha value is -4.22. The summed E-state index contributed by atoms with van der Waals surface area (Å²) in [5.41, 5.74) is 5.80. The van der Waals surface area contributed by atoms with Gasteiger partial charge in [-0.25, -0.2) is 4.98 Å². The van der Waals surface area contributed by atoms with Gasteiger partial charge in [0.1, 0.15) is 5.69 Å². The Labute approximate surface area is 264 Å². The minimum absolute atomic E-state index is 0.136. The van der Waals surface area contributed by atoms with Crippen molar-refractivity contribution in [3.8, 4) is 17.0 Å². The molecule has 1 N–H and O–H groups in total. The van der Waals surface area contributed by atoms with Crippen LogP contribution in [0.4, 0.5) is 17.1 Å². The van der Waals surface area contributed by atoms with Crippen LogP contribution in [-0.2, 0) is 26.8 Å². The zero-order valence-corrected chi connectivity index (χ0v) is 26.7. The van der Waals surface area contributed by atoms with Gasteiger partial charge < -0.3 is 14.5 Å². The highest BCUT2D eigenvalue weighted by molar-refractivity contribution is 7.94. The number of hydrogen-bond donors (Lipinski definition) is 1. The van der Waals surface area contributed by atoms with Crippen molar-refractivity contribution in [2.24, 2.45) is 0 Å². The quantitative estimate of drug-likeness (QED) is 0.257. The molecule has 45 heavy (non-hydrogen) atoms. The fraction of sp³-hybridized carbons (Fsp3) is 0.382. The summed E-state index contributed by atoms with van der Waals surface area (Å²) in [6, 6.07) is 15.4. The molecule has 1 aliphatic carbocycles. The molecule has 7 rings (SSSR count). The third-order valence-corrected chi connectivity index (χ3v) is 10.8. The van der Waals surface area contributed by atoms with Gasteiger partial charge in [-0.3, -0.25) is 18.8 Å². The number of rotatable bonds is 9. The Balaban J connectivity index is 1.27. The van der Waals surface area contributed by atoms with Crippen LogP contribution in [0.2, 0.25) is 0 Å². The molecule has 0 saturated heterocycles. The summed E-state index contributed by atoms with van der Waals surface area (Å²) in [6.07, 6.45) is 8.54. The first-order chi connectivity index (χ1) is 21.7. The number of amides is 1. The maximum absolute atomic E-state index is 13.9. The standard InChI is InChI=1S/C34H38N6O4S/c1-38(2)16-8-18-44-32-28(37-45(42,43)40-17-6-10-23-9-4-5-11-29(23)40)20-25(21-36-32)24-12-13-27-26(19-24)31-30(22-35-27)39(3)33(41)34(31)14-7-15-34/h4-5,9,11-13,19-22,37H,6-8,10,14-18H2,1-3H3. The molecular formula is C34H38N6O4S. The minimum atomic E-state index is -3.98. The van der Waals surface area contributed by atoms with E-state index in [1.54, 1.807) is 23.4 Å². The number of nitrogens with zero attached hydrogens (tertiary/aromatic N) is 5. The number of benzene rings is 2. The topological polar surface area (TPSA) is 108 Å². The van der Waals surface area contributed by atoms with Gasteiger partial charge in [0.05, 0.1) is 35.1 Å². The normalized spacial score (nSPS) is 17.0. The van der Waals surface area contributed by atoms with Gasteiger partial charge in [-0.15, -0.1) is 0 Å². The van der Waals surface area contributed by atoms with Crippen LogP contribution < -0.4 is 18.7 Å². The SMILES string of the molecule is CN(C)CCCOc1ncc(-c2ccc3ncc4c(c3c2)C2(CCC2)C(=O)N4C)cc1NS(=O)(=O)N1CCCc2ccccc21. The number of aromatic nitrogens is 2. The van der Waals surface area contributed by atoms with E-state index >= 15 is 0 Å². The fourth-order valence-corrected chi connectivity index (χ4v) is 8.28. The van der Waals surface area contributed by atoms with Crippen LogP contribution in [0, 0.1) is 0 Å². The largest absolute Gasteiger partial charge is 0.476 e. The maximum atomic E-state index is 13.9. The zero-order chi connectivity index (χ0) is 31.3. The number of carbonyl (C=O) groups is 1. The van der Waals surface area contributed by atoms with E-state index in [0.29, 0.717) is 18.8 Å². The van der Waals surface area contributed by atoms with Gasteiger partial charge in [0.25, 0.3) is 0 Å². The van der Waals surface area contributed by atoms with Gasteiger partial charge in [0.2, 0.25) is 11.8 Å². The summed E-state index contributed by atoms with van der Waals surface area (Å²) in [5, 5.41) is 0.943. The van der Waals surface area contributed by atoms with E-state index in [0.717, 1.165) is 83.9 Å². The van der Waals surface area contributed by atoms with E-state index < -0.39 is 15.6 Å². The molecule has 4 aromatic rings. The lowest BCUT2D eigenvalue weighted by Crippen LogP contribution is -2.43. The number of ether oxygens (including phenoxy) is 1. The molecule has 10 nitrogen and oxygen atoms in total. The molecule has 0 radical (unpaired) electrons. The van der Waals surface area contributed by atoms with Crippen molar-refractivity contribution in [3.05, 3.63) is 72.1 Å². The Morgan fingerprint density at radius 3 is 2.60 bits per heavy atom. The molecule has 2 aromatic heterocycles. The van der Waals surface area contributed by atoms with Gasteiger partial charge in [0, 0.05) is 42.8 Å². The van der Waals surface area contributed by atoms with Crippen LogP contribution in [0.25, 0.3) is 22.0 Å². The first kappa shape index (κ1) is 29.5. The van der Waals surface area contributed by atoms with Crippen LogP contribution >= 0.6 is 0 Å². The first-order valence-electron chi connectivity index (χ1n) is 15.6. The second-order valence-electron chi connectivity index (χ2n) is 12.5. The Kier molecular flexibility index (Phi) is 7.40. The number of anilines is 3. The number of fused-ring (bicyclic) bond motifs is 5. The van der Waals surface area contributed by atoms with E-state index in [4.69, 9.17) is 4.74 Å². The average molecular weight is 627 g/mol. The van der Waals surface area contributed by atoms with Gasteiger partial charge in [-0.05, 0) is 81.6 Å². The number of para-hydroxylation sites is 1. The van der Waals surface area contributed by atoms with E-state index in [1.165, 1.54) is 4.31 Å².